The molecule has 7 heteroatoms. The molecule has 0 unspecified atom stereocenters. The molecule has 0 radical (unpaired) electrons. The zero-order valence-electron chi connectivity index (χ0n) is 3.58. The normalized spacial score (nSPS) is 8.57. The van der Waals surface area contributed by atoms with Crippen LogP contribution in [-0.4, -0.2) is 9.05 Å². The van der Waals surface area contributed by atoms with E-state index in [2.05, 4.69) is 0 Å². The van der Waals surface area contributed by atoms with Crippen LogP contribution < -0.4 is 38.0 Å². The first-order valence-corrected chi connectivity index (χ1v) is 2.45. The molecule has 7 heavy (non-hydrogen) atoms. The Morgan fingerprint density at radius 2 is 0.857 bits per heavy atom. The molecule has 0 aromatic heterocycles. The first kappa shape index (κ1) is 15.7. The summed E-state index contributed by atoms with van der Waals surface area (Å²) in [7, 11) is -5.61. The Labute approximate surface area is 65.7 Å². The zero-order valence-corrected chi connectivity index (χ0v) is 5.98. The third-order valence-corrected chi connectivity index (χ3v) is 0. The summed E-state index contributed by atoms with van der Waals surface area (Å²) in [5, 5.41) is 0. The van der Waals surface area contributed by atoms with Crippen molar-refractivity contribution in [2.75, 3.05) is 0 Å². The second-order valence-electron chi connectivity index (χ2n) is 0.500. The molecule has 0 aromatic carbocycles. The van der Waals surface area contributed by atoms with Gasteiger partial charge in [0.15, 0.2) is 0 Å². The van der Waals surface area contributed by atoms with Gasteiger partial charge in [0.1, 0.15) is 0 Å². The molecular formula is LiO4SiV+2. The Morgan fingerprint density at radius 3 is 0.857 bits per heavy atom. The van der Waals surface area contributed by atoms with Crippen LogP contribution in [0.1, 0.15) is 0 Å². The predicted octanol–water partition coefficient (Wildman–Crippen LogP) is -8.14. The largest absolute Gasteiger partial charge is 5.00 e. The molecule has 0 aliphatic rings. The smallest absolute Gasteiger partial charge is 0.894 e. The van der Waals surface area contributed by atoms with Crippen LogP contribution in [-0.2, 0) is 18.6 Å². The van der Waals surface area contributed by atoms with Crippen LogP contribution in [0.4, 0.5) is 0 Å². The minimum Gasteiger partial charge on any atom is -0.894 e. The molecule has 0 aliphatic carbocycles. The van der Waals surface area contributed by atoms with E-state index < -0.39 is 9.05 Å². The maximum Gasteiger partial charge on any atom is 5.00 e. The van der Waals surface area contributed by atoms with Crippen molar-refractivity contribution in [2.45, 2.75) is 0 Å². The molecule has 0 fully saturated rings. The zero-order chi connectivity index (χ0) is 4.50. The van der Waals surface area contributed by atoms with Gasteiger partial charge >= 0.3 is 37.4 Å². The minimum absolute atomic E-state index is 0. The number of rotatable bonds is 0. The molecule has 0 amide bonds. The van der Waals surface area contributed by atoms with Gasteiger partial charge in [-0.15, -0.1) is 0 Å². The van der Waals surface area contributed by atoms with Crippen LogP contribution in [0.2, 0.25) is 0 Å². The quantitative estimate of drug-likeness (QED) is 0.320. The summed E-state index contributed by atoms with van der Waals surface area (Å²) >= 11 is 0. The van der Waals surface area contributed by atoms with Gasteiger partial charge in [0, 0.05) is 0 Å². The molecule has 32 valence electrons. The van der Waals surface area contributed by atoms with Gasteiger partial charge in [0.05, 0.1) is 0 Å². The van der Waals surface area contributed by atoms with Crippen LogP contribution in [0.3, 0.4) is 0 Å². The summed E-state index contributed by atoms with van der Waals surface area (Å²) in [6, 6.07) is 0. The minimum atomic E-state index is -5.61. The average molecular weight is 150 g/mol. The average Bonchev–Trinajstić information content (AvgIpc) is 0.722. The Bertz CT molecular complexity index is 27.2. The third kappa shape index (κ3) is 129. The van der Waals surface area contributed by atoms with Crippen molar-refractivity contribution in [2.24, 2.45) is 0 Å². The third-order valence-electron chi connectivity index (χ3n) is 0. The van der Waals surface area contributed by atoms with E-state index in [1.807, 2.05) is 0 Å². The summed E-state index contributed by atoms with van der Waals surface area (Å²) in [5.74, 6) is 0. The summed E-state index contributed by atoms with van der Waals surface area (Å²) in [4.78, 5) is 34.3. The molecule has 4 nitrogen and oxygen atoms in total. The van der Waals surface area contributed by atoms with Crippen molar-refractivity contribution in [3.05, 3.63) is 0 Å². The van der Waals surface area contributed by atoms with E-state index in [1.165, 1.54) is 0 Å². The molecule has 0 bridgehead atoms. The van der Waals surface area contributed by atoms with Gasteiger partial charge in [-0.1, -0.05) is 0 Å². The van der Waals surface area contributed by atoms with Gasteiger partial charge in [0.25, 0.3) is 0 Å². The van der Waals surface area contributed by atoms with Gasteiger partial charge < -0.3 is 28.2 Å². The molecule has 0 spiro atoms. The maximum atomic E-state index is 8.58. The fraction of sp³-hybridized carbons (Fsp3) is 0. The van der Waals surface area contributed by atoms with E-state index in [4.69, 9.17) is 19.2 Å². The molecule has 0 saturated heterocycles. The fourth-order valence-electron chi connectivity index (χ4n) is 0. The molecule has 0 saturated carbocycles. The van der Waals surface area contributed by atoms with Crippen LogP contribution in [0.25, 0.3) is 0 Å². The fourth-order valence-corrected chi connectivity index (χ4v) is 0. The first-order chi connectivity index (χ1) is 2.00. The Balaban J connectivity index is -0.0000000800. The van der Waals surface area contributed by atoms with Gasteiger partial charge in [-0.2, -0.15) is 0 Å². The second-order valence-corrected chi connectivity index (χ2v) is 1.50. The van der Waals surface area contributed by atoms with Gasteiger partial charge in [-0.25, -0.2) is 0 Å². The summed E-state index contributed by atoms with van der Waals surface area (Å²) in [6.07, 6.45) is 0. The van der Waals surface area contributed by atoms with Crippen LogP contribution in [0.15, 0.2) is 0 Å². The molecule has 0 rings (SSSR count). The van der Waals surface area contributed by atoms with Gasteiger partial charge in [-0.05, 0) is 0 Å². The predicted molar refractivity (Wildman–Crippen MR) is 5.75 cm³/mol. The molecule has 0 aliphatic heterocycles. The van der Waals surface area contributed by atoms with E-state index in [9.17, 15) is 0 Å². The molecule has 0 N–H and O–H groups in total. The number of hydrogen-bond acceptors (Lipinski definition) is 4. The standard InChI is InChI=1S/Li.O4Si.V/c;1-5(2,3)4;/q+1;-4;+5. The van der Waals surface area contributed by atoms with Crippen molar-refractivity contribution >= 4 is 9.05 Å². The van der Waals surface area contributed by atoms with Crippen LogP contribution >= 0.6 is 0 Å². The van der Waals surface area contributed by atoms with E-state index in [-0.39, 0.29) is 37.4 Å². The number of hydrogen-bond donors (Lipinski definition) is 0. The molecule has 0 heterocycles. The van der Waals surface area contributed by atoms with E-state index in [0.29, 0.717) is 0 Å². The Morgan fingerprint density at radius 1 is 0.857 bits per heavy atom. The van der Waals surface area contributed by atoms with Gasteiger partial charge in [-0.3, -0.25) is 0 Å². The monoisotopic (exact) mass is 150 g/mol. The second kappa shape index (κ2) is 5.38. The summed E-state index contributed by atoms with van der Waals surface area (Å²) in [5.41, 5.74) is 0. The van der Waals surface area contributed by atoms with E-state index >= 15 is 0 Å². The SMILES string of the molecule is [Li+].[O-][Si]([O-])([O-])[O-].[V+5]. The van der Waals surface area contributed by atoms with Crippen LogP contribution in [0, 0.1) is 0 Å². The van der Waals surface area contributed by atoms with Crippen molar-refractivity contribution in [1.29, 1.82) is 0 Å². The van der Waals surface area contributed by atoms with Gasteiger partial charge in [0.2, 0.25) is 0 Å². The summed E-state index contributed by atoms with van der Waals surface area (Å²) < 4.78 is 0. The van der Waals surface area contributed by atoms with E-state index in [1.54, 1.807) is 0 Å². The molecular weight excluding hydrogens is 150 g/mol. The van der Waals surface area contributed by atoms with Crippen LogP contribution in [0.5, 0.6) is 0 Å². The van der Waals surface area contributed by atoms with Crippen molar-refractivity contribution in [1.82, 2.24) is 0 Å². The summed E-state index contributed by atoms with van der Waals surface area (Å²) in [6.45, 7) is 0. The van der Waals surface area contributed by atoms with E-state index in [0.717, 1.165) is 0 Å². The van der Waals surface area contributed by atoms with Crippen molar-refractivity contribution in [3.63, 3.8) is 0 Å². The molecule has 0 aromatic rings. The Kier molecular flexibility index (Phi) is 12.1. The van der Waals surface area contributed by atoms with Crippen molar-refractivity contribution in [3.8, 4) is 0 Å². The Hall–Kier alpha value is 1.24. The topological polar surface area (TPSA) is 92.2 Å². The first-order valence-electron chi connectivity index (χ1n) is 0.816. The molecule has 0 atom stereocenters. The maximum absolute atomic E-state index is 8.58. The van der Waals surface area contributed by atoms with Crippen molar-refractivity contribution < 1.29 is 56.6 Å².